The number of furan rings is 1. The predicted octanol–water partition coefficient (Wildman–Crippen LogP) is 3.88. The van der Waals surface area contributed by atoms with E-state index in [-0.39, 0.29) is 6.10 Å². The van der Waals surface area contributed by atoms with Gasteiger partial charge in [0.05, 0.1) is 12.7 Å². The Morgan fingerprint density at radius 1 is 1.17 bits per heavy atom. The molecule has 0 N–H and O–H groups in total. The molecule has 23 heavy (non-hydrogen) atoms. The highest BCUT2D eigenvalue weighted by Gasteiger charge is 2.43. The molecule has 124 valence electrons. The van der Waals surface area contributed by atoms with Gasteiger partial charge in [-0.05, 0) is 25.0 Å². The molecule has 1 unspecified atom stereocenters. The van der Waals surface area contributed by atoms with Gasteiger partial charge in [0.1, 0.15) is 30.7 Å². The van der Waals surface area contributed by atoms with Gasteiger partial charge in [0, 0.05) is 38.7 Å². The molecule has 1 fully saturated rings. The molecular formula is C19H26NO3+. The van der Waals surface area contributed by atoms with Crippen LogP contribution in [-0.2, 0) is 9.47 Å². The summed E-state index contributed by atoms with van der Waals surface area (Å²) in [6, 6.07) is 2.11. The molecular weight excluding hydrogens is 290 g/mol. The van der Waals surface area contributed by atoms with Gasteiger partial charge in [-0.2, -0.15) is 0 Å². The van der Waals surface area contributed by atoms with Crippen molar-refractivity contribution in [3.63, 3.8) is 0 Å². The molecule has 0 aliphatic carbocycles. The largest absolute Gasteiger partial charge is 0.464 e. The van der Waals surface area contributed by atoms with E-state index in [4.69, 9.17) is 13.9 Å². The van der Waals surface area contributed by atoms with Gasteiger partial charge in [-0.15, -0.1) is 0 Å². The zero-order chi connectivity index (χ0) is 16.0. The van der Waals surface area contributed by atoms with E-state index < -0.39 is 5.79 Å². The van der Waals surface area contributed by atoms with Crippen LogP contribution in [0.5, 0.6) is 0 Å². The monoisotopic (exact) mass is 316 g/mol. The van der Waals surface area contributed by atoms with Crippen LogP contribution >= 0.6 is 0 Å². The number of aryl methyl sites for hydroxylation is 1. The summed E-state index contributed by atoms with van der Waals surface area (Å²) >= 11 is 0. The van der Waals surface area contributed by atoms with E-state index in [0.717, 1.165) is 42.9 Å². The van der Waals surface area contributed by atoms with Crippen molar-refractivity contribution in [1.29, 1.82) is 0 Å². The molecule has 1 saturated heterocycles. The Morgan fingerprint density at radius 2 is 1.96 bits per heavy atom. The van der Waals surface area contributed by atoms with Gasteiger partial charge in [-0.3, -0.25) is 0 Å². The topological polar surface area (TPSA) is 34.6 Å². The van der Waals surface area contributed by atoms with Gasteiger partial charge in [0.15, 0.2) is 5.71 Å². The fourth-order valence-corrected chi connectivity index (χ4v) is 4.05. The minimum atomic E-state index is -0.559. The number of rotatable bonds is 1. The second kappa shape index (κ2) is 5.52. The highest BCUT2D eigenvalue weighted by molar-refractivity contribution is 5.82. The molecule has 1 aromatic heterocycles. The van der Waals surface area contributed by atoms with Gasteiger partial charge in [-0.25, -0.2) is 4.58 Å². The molecule has 0 spiro atoms. The zero-order valence-corrected chi connectivity index (χ0v) is 14.4. The molecule has 1 atom stereocenters. The quantitative estimate of drug-likeness (QED) is 0.737. The summed E-state index contributed by atoms with van der Waals surface area (Å²) in [4.78, 5) is 0. The molecule has 0 radical (unpaired) electrons. The highest BCUT2D eigenvalue weighted by atomic mass is 16.7. The highest BCUT2D eigenvalue weighted by Crippen LogP contribution is 2.40. The SMILES string of the molecule is Cc1coc(/C2=C3\OC(C)(C)OC3CC3=[N+](CCC3)CCC2)c1. The van der Waals surface area contributed by atoms with Crippen LogP contribution < -0.4 is 0 Å². The van der Waals surface area contributed by atoms with E-state index >= 15 is 0 Å². The molecule has 4 heteroatoms. The first-order valence-electron chi connectivity index (χ1n) is 8.77. The number of ether oxygens (including phenoxy) is 2. The van der Waals surface area contributed by atoms with Gasteiger partial charge < -0.3 is 13.9 Å². The van der Waals surface area contributed by atoms with Crippen LogP contribution in [0.3, 0.4) is 0 Å². The molecule has 3 aliphatic heterocycles. The van der Waals surface area contributed by atoms with Gasteiger partial charge in [-0.1, -0.05) is 0 Å². The van der Waals surface area contributed by atoms with Crippen molar-refractivity contribution in [1.82, 2.24) is 0 Å². The summed E-state index contributed by atoms with van der Waals surface area (Å²) < 4.78 is 20.8. The zero-order valence-electron chi connectivity index (χ0n) is 14.4. The van der Waals surface area contributed by atoms with Crippen LogP contribution in [0, 0.1) is 6.92 Å². The fourth-order valence-electron chi connectivity index (χ4n) is 4.05. The van der Waals surface area contributed by atoms with E-state index in [1.807, 2.05) is 20.1 Å². The molecule has 1 aromatic rings. The number of fused-ring (bicyclic) bond motifs is 1. The Hall–Kier alpha value is -1.55. The Bertz CT molecular complexity index is 681. The van der Waals surface area contributed by atoms with Gasteiger partial charge in [0.2, 0.25) is 5.79 Å². The van der Waals surface area contributed by atoms with Crippen LogP contribution in [0.15, 0.2) is 22.5 Å². The lowest BCUT2D eigenvalue weighted by Crippen LogP contribution is -2.24. The number of hydrogen-bond acceptors (Lipinski definition) is 3. The van der Waals surface area contributed by atoms with Crippen molar-refractivity contribution in [2.45, 2.75) is 64.8 Å². The minimum Gasteiger partial charge on any atom is -0.464 e. The number of nitrogens with zero attached hydrogens (tertiary/aromatic N) is 1. The summed E-state index contributed by atoms with van der Waals surface area (Å²) in [7, 11) is 0. The van der Waals surface area contributed by atoms with Crippen LogP contribution in [0.1, 0.15) is 57.3 Å². The fraction of sp³-hybridized carbons (Fsp3) is 0.632. The third-order valence-electron chi connectivity index (χ3n) is 5.02. The Balaban J connectivity index is 1.76. The van der Waals surface area contributed by atoms with E-state index in [0.29, 0.717) is 0 Å². The predicted molar refractivity (Wildman–Crippen MR) is 88.5 cm³/mol. The lowest BCUT2D eigenvalue weighted by Gasteiger charge is -2.16. The van der Waals surface area contributed by atoms with Crippen LogP contribution in [0.2, 0.25) is 0 Å². The Kier molecular flexibility index (Phi) is 3.60. The molecule has 4 nitrogen and oxygen atoms in total. The van der Waals surface area contributed by atoms with Crippen molar-refractivity contribution >= 4 is 11.3 Å². The average molecular weight is 316 g/mol. The first kappa shape index (κ1) is 15.0. The van der Waals surface area contributed by atoms with E-state index in [1.165, 1.54) is 30.7 Å². The summed E-state index contributed by atoms with van der Waals surface area (Å²) in [6.45, 7) is 8.38. The van der Waals surface area contributed by atoms with E-state index in [1.54, 1.807) is 0 Å². The second-order valence-electron chi connectivity index (χ2n) is 7.40. The molecule has 0 saturated carbocycles. The molecule has 3 aliphatic rings. The normalized spacial score (nSPS) is 30.3. The third kappa shape index (κ3) is 2.85. The summed E-state index contributed by atoms with van der Waals surface area (Å²) in [5.41, 5.74) is 3.87. The Labute approximate surface area is 137 Å². The van der Waals surface area contributed by atoms with Crippen molar-refractivity contribution in [2.75, 3.05) is 13.1 Å². The lowest BCUT2D eigenvalue weighted by atomic mass is 10.0. The van der Waals surface area contributed by atoms with Crippen molar-refractivity contribution in [2.24, 2.45) is 0 Å². The van der Waals surface area contributed by atoms with Crippen LogP contribution in [-0.4, -0.2) is 35.3 Å². The molecule has 0 bridgehead atoms. The maximum absolute atomic E-state index is 6.24. The maximum atomic E-state index is 6.24. The van der Waals surface area contributed by atoms with Crippen molar-refractivity contribution in [3.8, 4) is 0 Å². The first-order valence-corrected chi connectivity index (χ1v) is 8.77. The molecule has 0 amide bonds. The molecule has 4 heterocycles. The summed E-state index contributed by atoms with van der Waals surface area (Å²) in [6.07, 6.45) is 7.35. The van der Waals surface area contributed by atoms with Gasteiger partial charge in [0.25, 0.3) is 0 Å². The minimum absolute atomic E-state index is 0.0131. The standard InChI is InChI=1S/C19H26NO3/c1-13-10-16(21-12-13)15-7-5-9-20-8-4-6-14(20)11-17-18(15)23-19(2,3)22-17/h10,12,17H,4-9,11H2,1-3H3/q+1/b18-15-. The second-order valence-corrected chi connectivity index (χ2v) is 7.40. The number of allylic oxidation sites excluding steroid dienone is 1. The summed E-state index contributed by atoms with van der Waals surface area (Å²) in [5.74, 6) is 1.37. The maximum Gasteiger partial charge on any atom is 0.205 e. The third-order valence-corrected chi connectivity index (χ3v) is 5.02. The smallest absolute Gasteiger partial charge is 0.205 e. The lowest BCUT2D eigenvalue weighted by molar-refractivity contribution is -0.521. The van der Waals surface area contributed by atoms with Crippen LogP contribution in [0.4, 0.5) is 0 Å². The average Bonchev–Trinajstić information content (AvgIpc) is 3.15. The first-order chi connectivity index (χ1) is 11.0. The van der Waals surface area contributed by atoms with Gasteiger partial charge >= 0.3 is 0 Å². The van der Waals surface area contributed by atoms with Crippen molar-refractivity contribution < 1.29 is 18.5 Å². The van der Waals surface area contributed by atoms with Crippen molar-refractivity contribution in [3.05, 3.63) is 29.4 Å². The molecule has 0 aromatic carbocycles. The summed E-state index contributed by atoms with van der Waals surface area (Å²) in [5, 5.41) is 0. The number of hydrogen-bond donors (Lipinski definition) is 0. The van der Waals surface area contributed by atoms with Crippen LogP contribution in [0.25, 0.3) is 5.57 Å². The van der Waals surface area contributed by atoms with E-state index in [2.05, 4.69) is 17.6 Å². The van der Waals surface area contributed by atoms with E-state index in [9.17, 15) is 0 Å². The Morgan fingerprint density at radius 3 is 2.70 bits per heavy atom. The molecule has 4 rings (SSSR count).